The number of benzene rings is 3. The molecule has 0 fully saturated rings. The van der Waals surface area contributed by atoms with Crippen LogP contribution in [0.2, 0.25) is 0 Å². The standard InChI is InChI=1S/C23H20N4O5S3/c1-16-20(8-5-9-21(16)26-34(29,30)18-6-3-2-4-7-18)22(28)25-17-10-12-19(13-11-17)35(31,32)27-23-24-14-15-33-23/h2-15,26H,1H3,(H,24,27)(H,25,28). The van der Waals surface area contributed by atoms with Crippen molar-refractivity contribution in [3.05, 3.63) is 95.5 Å². The molecule has 0 saturated heterocycles. The van der Waals surface area contributed by atoms with Gasteiger partial charge in [0.2, 0.25) is 0 Å². The molecule has 0 saturated carbocycles. The van der Waals surface area contributed by atoms with Crippen LogP contribution in [0.4, 0.5) is 16.5 Å². The summed E-state index contributed by atoms with van der Waals surface area (Å²) in [5.74, 6) is -0.472. The fourth-order valence-corrected chi connectivity index (χ4v) is 6.09. The molecule has 0 spiro atoms. The van der Waals surface area contributed by atoms with Crippen LogP contribution in [0.1, 0.15) is 15.9 Å². The lowest BCUT2D eigenvalue weighted by Gasteiger charge is -2.14. The molecule has 3 aromatic carbocycles. The highest BCUT2D eigenvalue weighted by atomic mass is 32.2. The molecule has 0 bridgehead atoms. The second-order valence-corrected chi connectivity index (χ2v) is 11.6. The molecule has 9 nitrogen and oxygen atoms in total. The van der Waals surface area contributed by atoms with E-state index in [-0.39, 0.29) is 26.2 Å². The average Bonchev–Trinajstić information content (AvgIpc) is 3.33. The van der Waals surface area contributed by atoms with Crippen LogP contribution in [0.5, 0.6) is 0 Å². The van der Waals surface area contributed by atoms with Crippen molar-refractivity contribution in [2.24, 2.45) is 0 Å². The van der Waals surface area contributed by atoms with E-state index in [9.17, 15) is 21.6 Å². The molecule has 1 aromatic heterocycles. The number of hydrogen-bond donors (Lipinski definition) is 3. The average molecular weight is 529 g/mol. The Morgan fingerprint density at radius 2 is 1.46 bits per heavy atom. The minimum absolute atomic E-state index is 0.0131. The lowest BCUT2D eigenvalue weighted by Crippen LogP contribution is -2.17. The molecule has 0 aliphatic carbocycles. The maximum absolute atomic E-state index is 12.9. The number of hydrogen-bond acceptors (Lipinski definition) is 7. The van der Waals surface area contributed by atoms with Gasteiger partial charge in [0.1, 0.15) is 0 Å². The molecule has 0 radical (unpaired) electrons. The number of carbonyl (C=O) groups excluding carboxylic acids is 1. The first kappa shape index (κ1) is 24.4. The lowest BCUT2D eigenvalue weighted by molar-refractivity contribution is 0.102. The summed E-state index contributed by atoms with van der Waals surface area (Å²) in [5, 5.41) is 4.61. The van der Waals surface area contributed by atoms with E-state index >= 15 is 0 Å². The van der Waals surface area contributed by atoms with Gasteiger partial charge in [0.25, 0.3) is 26.0 Å². The first-order valence-corrected chi connectivity index (χ1v) is 14.0. The van der Waals surface area contributed by atoms with E-state index in [2.05, 4.69) is 19.7 Å². The van der Waals surface area contributed by atoms with Crippen molar-refractivity contribution >= 4 is 53.8 Å². The van der Waals surface area contributed by atoms with Gasteiger partial charge in [-0.1, -0.05) is 24.3 Å². The highest BCUT2D eigenvalue weighted by Crippen LogP contribution is 2.24. The summed E-state index contributed by atoms with van der Waals surface area (Å²) < 4.78 is 55.2. The van der Waals surface area contributed by atoms with Gasteiger partial charge in [-0.05, 0) is 61.0 Å². The number of carbonyl (C=O) groups is 1. The predicted molar refractivity (Wildman–Crippen MR) is 136 cm³/mol. The van der Waals surface area contributed by atoms with Gasteiger partial charge in [0, 0.05) is 22.8 Å². The van der Waals surface area contributed by atoms with Crippen LogP contribution in [0, 0.1) is 6.92 Å². The molecular weight excluding hydrogens is 508 g/mol. The Bertz CT molecular complexity index is 1550. The molecule has 0 unspecified atom stereocenters. The zero-order chi connectivity index (χ0) is 25.1. The SMILES string of the molecule is Cc1c(NS(=O)(=O)c2ccccc2)cccc1C(=O)Nc1ccc(S(=O)(=O)Nc2nccs2)cc1. The van der Waals surface area contributed by atoms with E-state index in [0.29, 0.717) is 11.3 Å². The van der Waals surface area contributed by atoms with E-state index in [0.717, 1.165) is 11.3 Å². The van der Waals surface area contributed by atoms with Gasteiger partial charge in [-0.25, -0.2) is 21.8 Å². The number of rotatable bonds is 8. The number of amides is 1. The van der Waals surface area contributed by atoms with Crippen molar-refractivity contribution < 1.29 is 21.6 Å². The molecule has 0 aliphatic heterocycles. The van der Waals surface area contributed by atoms with E-state index in [1.807, 2.05) is 0 Å². The Morgan fingerprint density at radius 1 is 0.800 bits per heavy atom. The number of anilines is 3. The largest absolute Gasteiger partial charge is 0.322 e. The third-order valence-electron chi connectivity index (χ3n) is 4.95. The Hall–Kier alpha value is -3.74. The normalized spacial score (nSPS) is 11.6. The number of sulfonamides is 2. The second-order valence-electron chi connectivity index (χ2n) is 7.32. The maximum atomic E-state index is 12.9. The minimum Gasteiger partial charge on any atom is -0.322 e. The number of thiazole rings is 1. The zero-order valence-corrected chi connectivity index (χ0v) is 20.7. The molecule has 1 amide bonds. The van der Waals surface area contributed by atoms with Crippen molar-refractivity contribution in [3.63, 3.8) is 0 Å². The van der Waals surface area contributed by atoms with Gasteiger partial charge >= 0.3 is 0 Å². The molecule has 0 atom stereocenters. The lowest BCUT2D eigenvalue weighted by atomic mass is 10.1. The van der Waals surface area contributed by atoms with Gasteiger partial charge in [-0.3, -0.25) is 14.2 Å². The fourth-order valence-electron chi connectivity index (χ4n) is 3.16. The molecule has 35 heavy (non-hydrogen) atoms. The van der Waals surface area contributed by atoms with Crippen LogP contribution in [-0.2, 0) is 20.0 Å². The molecule has 0 aliphatic rings. The van der Waals surface area contributed by atoms with Crippen LogP contribution < -0.4 is 14.8 Å². The number of nitrogens with one attached hydrogen (secondary N) is 3. The summed E-state index contributed by atoms with van der Waals surface area (Å²) in [6.45, 7) is 1.64. The molecule has 1 heterocycles. The van der Waals surface area contributed by atoms with E-state index in [4.69, 9.17) is 0 Å². The van der Waals surface area contributed by atoms with Gasteiger partial charge in [-0.2, -0.15) is 0 Å². The van der Waals surface area contributed by atoms with Crippen LogP contribution in [0.3, 0.4) is 0 Å². The third-order valence-corrected chi connectivity index (χ3v) is 8.51. The third kappa shape index (κ3) is 5.67. The van der Waals surface area contributed by atoms with Gasteiger partial charge in [-0.15, -0.1) is 11.3 Å². The summed E-state index contributed by atoms with van der Waals surface area (Å²) in [7, 11) is -7.64. The molecule has 180 valence electrons. The smallest absolute Gasteiger partial charge is 0.263 e. The Balaban J connectivity index is 1.49. The minimum atomic E-state index is -3.82. The Morgan fingerprint density at radius 3 is 2.11 bits per heavy atom. The van der Waals surface area contributed by atoms with Crippen molar-refractivity contribution in [1.82, 2.24) is 4.98 Å². The van der Waals surface area contributed by atoms with Crippen molar-refractivity contribution in [1.29, 1.82) is 0 Å². The Kier molecular flexibility index (Phi) is 6.87. The summed E-state index contributed by atoms with van der Waals surface area (Å²) in [5.41, 5.74) is 1.35. The summed E-state index contributed by atoms with van der Waals surface area (Å²) >= 11 is 1.16. The topological polar surface area (TPSA) is 134 Å². The van der Waals surface area contributed by atoms with Gasteiger partial charge in [0.05, 0.1) is 15.5 Å². The molecule has 4 aromatic rings. The van der Waals surface area contributed by atoms with E-state index in [1.54, 1.807) is 48.7 Å². The Labute approximate surface area is 207 Å². The van der Waals surface area contributed by atoms with Crippen molar-refractivity contribution in [2.45, 2.75) is 16.7 Å². The number of nitrogens with zero attached hydrogens (tertiary/aromatic N) is 1. The van der Waals surface area contributed by atoms with Gasteiger partial charge in [0.15, 0.2) is 5.13 Å². The molecule has 3 N–H and O–H groups in total. The highest BCUT2D eigenvalue weighted by molar-refractivity contribution is 7.93. The quantitative estimate of drug-likeness (QED) is 0.312. The molecular formula is C23H20N4O5S3. The summed E-state index contributed by atoms with van der Waals surface area (Å²) in [6, 6.07) is 18.3. The first-order chi connectivity index (χ1) is 16.7. The number of aromatic nitrogens is 1. The van der Waals surface area contributed by atoms with Crippen molar-refractivity contribution in [2.75, 3.05) is 14.8 Å². The van der Waals surface area contributed by atoms with E-state index < -0.39 is 26.0 Å². The van der Waals surface area contributed by atoms with Crippen LogP contribution in [-0.4, -0.2) is 27.7 Å². The fraction of sp³-hybridized carbons (Fsp3) is 0.0435. The molecule has 4 rings (SSSR count). The monoisotopic (exact) mass is 528 g/mol. The second kappa shape index (κ2) is 9.86. The van der Waals surface area contributed by atoms with Crippen molar-refractivity contribution in [3.8, 4) is 0 Å². The van der Waals surface area contributed by atoms with Crippen LogP contribution >= 0.6 is 11.3 Å². The van der Waals surface area contributed by atoms with Gasteiger partial charge < -0.3 is 5.32 Å². The predicted octanol–water partition coefficient (Wildman–Crippen LogP) is 4.31. The molecule has 12 heteroatoms. The summed E-state index contributed by atoms with van der Waals surface area (Å²) in [4.78, 5) is 16.9. The summed E-state index contributed by atoms with van der Waals surface area (Å²) in [6.07, 6.45) is 1.49. The van der Waals surface area contributed by atoms with Crippen LogP contribution in [0.15, 0.2) is 94.2 Å². The van der Waals surface area contributed by atoms with Crippen LogP contribution in [0.25, 0.3) is 0 Å². The first-order valence-electron chi connectivity index (χ1n) is 10.2. The highest BCUT2D eigenvalue weighted by Gasteiger charge is 2.19. The maximum Gasteiger partial charge on any atom is 0.263 e. The zero-order valence-electron chi connectivity index (χ0n) is 18.3. The van der Waals surface area contributed by atoms with E-state index in [1.165, 1.54) is 42.6 Å².